The number of esters is 1. The number of hydrogen-bond donors (Lipinski definition) is 0. The van der Waals surface area contributed by atoms with Crippen LogP contribution in [0, 0.1) is 0 Å². The molecule has 2 aromatic carbocycles. The largest absolute Gasteiger partial charge is 0.497 e. The molecule has 1 heterocycles. The van der Waals surface area contributed by atoms with Gasteiger partial charge in [-0.15, -0.1) is 0 Å². The molecule has 0 fully saturated rings. The number of rotatable bonds is 6. The first-order valence-electron chi connectivity index (χ1n) is 7.79. The molecule has 0 atom stereocenters. The third-order valence-corrected chi connectivity index (χ3v) is 3.71. The van der Waals surface area contributed by atoms with Crippen molar-refractivity contribution in [1.82, 2.24) is 0 Å². The van der Waals surface area contributed by atoms with Gasteiger partial charge in [-0.25, -0.2) is 9.59 Å². The van der Waals surface area contributed by atoms with Gasteiger partial charge in [0.25, 0.3) is 0 Å². The summed E-state index contributed by atoms with van der Waals surface area (Å²) in [5.74, 6) is -0.221. The van der Waals surface area contributed by atoms with Crippen LogP contribution >= 0.6 is 0 Å². The predicted octanol–water partition coefficient (Wildman–Crippen LogP) is 3.76. The number of benzene rings is 2. The maximum Gasteiger partial charge on any atom is 0.387 e. The van der Waals surface area contributed by atoms with Crippen molar-refractivity contribution >= 4 is 16.9 Å². The normalized spacial score (nSPS) is 10.8. The Hall–Kier alpha value is -3.42. The number of ether oxygens (including phenoxy) is 3. The number of alkyl halides is 2. The topological polar surface area (TPSA) is 75.0 Å². The summed E-state index contributed by atoms with van der Waals surface area (Å²) in [7, 11) is 1.49. The number of carbonyl (C=O) groups is 1. The Bertz CT molecular complexity index is 1010. The summed E-state index contributed by atoms with van der Waals surface area (Å²) >= 11 is 0. The highest BCUT2D eigenvalue weighted by Gasteiger charge is 2.12. The van der Waals surface area contributed by atoms with Gasteiger partial charge in [-0.3, -0.25) is 0 Å². The third-order valence-electron chi connectivity index (χ3n) is 3.71. The van der Waals surface area contributed by atoms with Crippen molar-refractivity contribution in [1.29, 1.82) is 0 Å². The van der Waals surface area contributed by atoms with Crippen LogP contribution in [0.3, 0.4) is 0 Å². The van der Waals surface area contributed by atoms with E-state index in [0.29, 0.717) is 22.3 Å². The molecule has 0 unspecified atom stereocenters. The van der Waals surface area contributed by atoms with Gasteiger partial charge in [0.15, 0.2) is 0 Å². The van der Waals surface area contributed by atoms with Crippen LogP contribution in [0.15, 0.2) is 57.7 Å². The van der Waals surface area contributed by atoms with Crippen LogP contribution in [-0.4, -0.2) is 19.7 Å². The molecule has 0 aliphatic carbocycles. The summed E-state index contributed by atoms with van der Waals surface area (Å²) in [6, 6.07) is 11.3. The SMILES string of the molecule is COc1ccc2c(COC(=O)c3ccc(OC(F)F)cc3)cc(=O)oc2c1. The highest BCUT2D eigenvalue weighted by atomic mass is 19.3. The van der Waals surface area contributed by atoms with E-state index in [4.69, 9.17) is 13.9 Å². The van der Waals surface area contributed by atoms with Crippen molar-refractivity contribution in [3.63, 3.8) is 0 Å². The number of fused-ring (bicyclic) bond motifs is 1. The van der Waals surface area contributed by atoms with Gasteiger partial charge in [0, 0.05) is 23.1 Å². The Balaban J connectivity index is 1.76. The van der Waals surface area contributed by atoms with Gasteiger partial charge in [0.05, 0.1) is 12.7 Å². The fraction of sp³-hybridized carbons (Fsp3) is 0.158. The van der Waals surface area contributed by atoms with Gasteiger partial charge in [-0.1, -0.05) is 0 Å². The van der Waals surface area contributed by atoms with Crippen molar-refractivity contribution in [2.75, 3.05) is 7.11 Å². The number of halogens is 2. The standard InChI is InChI=1S/C19H14F2O6/c1-24-14-6-7-15-12(8-17(22)27-16(15)9-14)10-25-18(23)11-2-4-13(5-3-11)26-19(20)21/h2-9,19H,10H2,1H3. The molecule has 0 aliphatic heterocycles. The molecule has 6 nitrogen and oxygen atoms in total. The zero-order valence-electron chi connectivity index (χ0n) is 14.1. The molecule has 1 aromatic heterocycles. The summed E-state index contributed by atoms with van der Waals surface area (Å²) in [5.41, 5.74) is 0.345. The molecule has 0 saturated carbocycles. The maximum absolute atomic E-state index is 12.1. The third kappa shape index (κ3) is 4.41. The second-order valence-corrected chi connectivity index (χ2v) is 5.43. The van der Waals surface area contributed by atoms with E-state index >= 15 is 0 Å². The molecular formula is C19H14F2O6. The molecule has 140 valence electrons. The second kappa shape index (κ2) is 7.86. The molecule has 0 amide bonds. The lowest BCUT2D eigenvalue weighted by Crippen LogP contribution is -2.08. The monoisotopic (exact) mass is 376 g/mol. The zero-order chi connectivity index (χ0) is 19.4. The quantitative estimate of drug-likeness (QED) is 0.482. The molecule has 0 saturated heterocycles. The molecule has 3 aromatic rings. The fourth-order valence-corrected chi connectivity index (χ4v) is 2.46. The summed E-state index contributed by atoms with van der Waals surface area (Å²) in [4.78, 5) is 23.9. The van der Waals surface area contributed by atoms with Crippen LogP contribution in [0.5, 0.6) is 11.5 Å². The van der Waals surface area contributed by atoms with Crippen molar-refractivity contribution in [3.8, 4) is 11.5 Å². The van der Waals surface area contributed by atoms with Crippen LogP contribution in [0.4, 0.5) is 8.78 Å². The summed E-state index contributed by atoms with van der Waals surface area (Å²) in [5, 5.41) is 0.601. The van der Waals surface area contributed by atoms with E-state index in [2.05, 4.69) is 4.74 Å². The van der Waals surface area contributed by atoms with Crippen molar-refractivity contribution in [2.45, 2.75) is 13.2 Å². The molecule has 0 aliphatic rings. The van der Waals surface area contributed by atoms with E-state index < -0.39 is 18.2 Å². The maximum atomic E-state index is 12.1. The molecule has 0 spiro atoms. The van der Waals surface area contributed by atoms with Gasteiger partial charge in [-0.05, 0) is 36.4 Å². The van der Waals surface area contributed by atoms with E-state index in [9.17, 15) is 18.4 Å². The van der Waals surface area contributed by atoms with Crippen LogP contribution in [0.2, 0.25) is 0 Å². The fourth-order valence-electron chi connectivity index (χ4n) is 2.46. The summed E-state index contributed by atoms with van der Waals surface area (Å²) < 4.78 is 43.9. The van der Waals surface area contributed by atoms with Crippen LogP contribution in [0.1, 0.15) is 15.9 Å². The van der Waals surface area contributed by atoms with Crippen molar-refractivity contribution in [3.05, 3.63) is 70.1 Å². The number of carbonyl (C=O) groups excluding carboxylic acids is 1. The van der Waals surface area contributed by atoms with E-state index in [0.717, 1.165) is 0 Å². The Labute approximate surface area is 151 Å². The molecule has 0 bridgehead atoms. The zero-order valence-corrected chi connectivity index (χ0v) is 14.1. The average molecular weight is 376 g/mol. The van der Waals surface area contributed by atoms with Gasteiger partial charge in [-0.2, -0.15) is 8.78 Å². The van der Waals surface area contributed by atoms with E-state index in [1.807, 2.05) is 0 Å². The Morgan fingerprint density at radius 2 is 1.78 bits per heavy atom. The van der Waals surface area contributed by atoms with Crippen LogP contribution < -0.4 is 15.1 Å². The van der Waals surface area contributed by atoms with Gasteiger partial charge in [0.1, 0.15) is 23.7 Å². The highest BCUT2D eigenvalue weighted by molar-refractivity contribution is 5.90. The molecular weight excluding hydrogens is 362 g/mol. The second-order valence-electron chi connectivity index (χ2n) is 5.43. The van der Waals surface area contributed by atoms with E-state index in [1.165, 1.54) is 37.4 Å². The molecule has 3 rings (SSSR count). The molecule has 0 N–H and O–H groups in total. The summed E-state index contributed by atoms with van der Waals surface area (Å²) in [6.45, 7) is -3.11. The average Bonchev–Trinajstić information content (AvgIpc) is 2.65. The van der Waals surface area contributed by atoms with Crippen LogP contribution in [0.25, 0.3) is 11.0 Å². The summed E-state index contributed by atoms with van der Waals surface area (Å²) in [6.07, 6.45) is 0. The van der Waals surface area contributed by atoms with E-state index in [1.54, 1.807) is 18.2 Å². The van der Waals surface area contributed by atoms with E-state index in [-0.39, 0.29) is 17.9 Å². The van der Waals surface area contributed by atoms with Crippen molar-refractivity contribution in [2.24, 2.45) is 0 Å². The molecule has 0 radical (unpaired) electrons. The highest BCUT2D eigenvalue weighted by Crippen LogP contribution is 2.23. The van der Waals surface area contributed by atoms with Gasteiger partial charge in [0.2, 0.25) is 0 Å². The van der Waals surface area contributed by atoms with Crippen molar-refractivity contribution < 1.29 is 32.2 Å². The van der Waals surface area contributed by atoms with Crippen LogP contribution in [-0.2, 0) is 11.3 Å². The number of methoxy groups -OCH3 is 1. The van der Waals surface area contributed by atoms with Gasteiger partial charge < -0.3 is 18.6 Å². The lowest BCUT2D eigenvalue weighted by atomic mass is 10.1. The first-order valence-corrected chi connectivity index (χ1v) is 7.79. The van der Waals surface area contributed by atoms with Gasteiger partial charge >= 0.3 is 18.2 Å². The lowest BCUT2D eigenvalue weighted by Gasteiger charge is -2.09. The Kier molecular flexibility index (Phi) is 5.35. The Morgan fingerprint density at radius 1 is 1.07 bits per heavy atom. The molecule has 8 heteroatoms. The lowest BCUT2D eigenvalue weighted by molar-refractivity contribution is -0.0498. The predicted molar refractivity (Wildman–Crippen MR) is 91.2 cm³/mol. The first kappa shape index (κ1) is 18.4. The smallest absolute Gasteiger partial charge is 0.387 e. The number of hydrogen-bond acceptors (Lipinski definition) is 6. The minimum atomic E-state index is -2.94. The first-order chi connectivity index (χ1) is 13.0. The minimum Gasteiger partial charge on any atom is -0.497 e. The Morgan fingerprint density at radius 3 is 2.44 bits per heavy atom. The molecule has 27 heavy (non-hydrogen) atoms. The minimum absolute atomic E-state index is 0.0674.